The van der Waals surface area contributed by atoms with Gasteiger partial charge in [0, 0.05) is 11.4 Å². The van der Waals surface area contributed by atoms with Crippen molar-refractivity contribution in [1.82, 2.24) is 5.32 Å². The smallest absolute Gasteiger partial charge is 0.309 e. The standard InChI is InChI=1S/C13H21NO2S/c1-4-11(13(15)16-3)9-14-7-5-12-10(2)6-8-17-12/h6,8,11,14H,4-5,7,9H2,1-3H3. The Bertz CT molecular complexity index is 349. The number of rotatable bonds is 7. The minimum Gasteiger partial charge on any atom is -0.469 e. The van der Waals surface area contributed by atoms with Crippen LogP contribution in [0.1, 0.15) is 23.8 Å². The van der Waals surface area contributed by atoms with Crippen molar-refractivity contribution in [3.8, 4) is 0 Å². The van der Waals surface area contributed by atoms with Gasteiger partial charge in [-0.15, -0.1) is 11.3 Å². The summed E-state index contributed by atoms with van der Waals surface area (Å²) in [7, 11) is 1.44. The third kappa shape index (κ3) is 4.48. The largest absolute Gasteiger partial charge is 0.469 e. The van der Waals surface area contributed by atoms with Gasteiger partial charge in [0.25, 0.3) is 0 Å². The quantitative estimate of drug-likeness (QED) is 0.600. The van der Waals surface area contributed by atoms with Crippen LogP contribution < -0.4 is 5.32 Å². The molecule has 1 heterocycles. The van der Waals surface area contributed by atoms with Crippen molar-refractivity contribution in [1.29, 1.82) is 0 Å². The molecule has 0 saturated carbocycles. The molecule has 3 nitrogen and oxygen atoms in total. The molecule has 0 aliphatic rings. The van der Waals surface area contributed by atoms with Crippen molar-refractivity contribution < 1.29 is 9.53 Å². The SMILES string of the molecule is CCC(CNCCc1sccc1C)C(=O)OC. The van der Waals surface area contributed by atoms with Gasteiger partial charge < -0.3 is 10.1 Å². The van der Waals surface area contributed by atoms with Gasteiger partial charge in [0.2, 0.25) is 0 Å². The summed E-state index contributed by atoms with van der Waals surface area (Å²) in [5.41, 5.74) is 1.36. The van der Waals surface area contributed by atoms with Crippen molar-refractivity contribution in [3.63, 3.8) is 0 Å². The minimum absolute atomic E-state index is 0.0237. The summed E-state index contributed by atoms with van der Waals surface area (Å²) >= 11 is 1.79. The molecule has 1 rings (SSSR count). The van der Waals surface area contributed by atoms with E-state index in [-0.39, 0.29) is 11.9 Å². The molecule has 0 bridgehead atoms. The minimum atomic E-state index is -0.118. The van der Waals surface area contributed by atoms with E-state index in [2.05, 4.69) is 23.7 Å². The Labute approximate surface area is 107 Å². The fraction of sp³-hybridized carbons (Fsp3) is 0.615. The van der Waals surface area contributed by atoms with Gasteiger partial charge in [-0.2, -0.15) is 0 Å². The van der Waals surface area contributed by atoms with Gasteiger partial charge >= 0.3 is 5.97 Å². The highest BCUT2D eigenvalue weighted by atomic mass is 32.1. The zero-order valence-corrected chi connectivity index (χ0v) is 11.6. The molecule has 1 unspecified atom stereocenters. The Balaban J connectivity index is 2.23. The van der Waals surface area contributed by atoms with Gasteiger partial charge in [0.1, 0.15) is 0 Å². The molecule has 1 aromatic rings. The van der Waals surface area contributed by atoms with E-state index in [1.165, 1.54) is 17.6 Å². The van der Waals surface area contributed by atoms with Crippen molar-refractivity contribution in [2.45, 2.75) is 26.7 Å². The average Bonchev–Trinajstić information content (AvgIpc) is 2.74. The molecule has 96 valence electrons. The van der Waals surface area contributed by atoms with Gasteiger partial charge in [-0.25, -0.2) is 0 Å². The number of nitrogens with one attached hydrogen (secondary N) is 1. The molecule has 0 aliphatic heterocycles. The summed E-state index contributed by atoms with van der Waals surface area (Å²) in [6.45, 7) is 5.75. The molecule has 0 aromatic carbocycles. The Morgan fingerprint density at radius 1 is 1.59 bits per heavy atom. The topological polar surface area (TPSA) is 38.3 Å². The molecule has 1 N–H and O–H groups in total. The van der Waals surface area contributed by atoms with Gasteiger partial charge in [-0.05, 0) is 43.3 Å². The second kappa shape index (κ2) is 7.45. The van der Waals surface area contributed by atoms with E-state index in [9.17, 15) is 4.79 Å². The number of ether oxygens (including phenoxy) is 1. The van der Waals surface area contributed by atoms with Crippen LogP contribution in [0.5, 0.6) is 0 Å². The first-order valence-corrected chi connectivity index (χ1v) is 6.88. The van der Waals surface area contributed by atoms with Crippen LogP contribution in [-0.4, -0.2) is 26.2 Å². The maximum atomic E-state index is 11.4. The van der Waals surface area contributed by atoms with Crippen LogP contribution >= 0.6 is 11.3 Å². The first-order chi connectivity index (χ1) is 8.19. The number of aryl methyl sites for hydroxylation is 1. The molecule has 4 heteroatoms. The normalized spacial score (nSPS) is 12.4. The molecular weight excluding hydrogens is 234 g/mol. The van der Waals surface area contributed by atoms with E-state index in [0.717, 1.165) is 19.4 Å². The second-order valence-corrected chi connectivity index (χ2v) is 5.11. The highest BCUT2D eigenvalue weighted by Crippen LogP contribution is 2.15. The predicted molar refractivity (Wildman–Crippen MR) is 71.4 cm³/mol. The lowest BCUT2D eigenvalue weighted by atomic mass is 10.1. The molecule has 0 saturated heterocycles. The zero-order chi connectivity index (χ0) is 12.7. The summed E-state index contributed by atoms with van der Waals surface area (Å²) < 4.78 is 4.75. The lowest BCUT2D eigenvalue weighted by Gasteiger charge is -2.13. The highest BCUT2D eigenvalue weighted by molar-refractivity contribution is 7.10. The first-order valence-electron chi connectivity index (χ1n) is 6.00. The van der Waals surface area contributed by atoms with E-state index in [0.29, 0.717) is 6.54 Å². The summed E-state index contributed by atoms with van der Waals surface area (Å²) in [4.78, 5) is 12.8. The van der Waals surface area contributed by atoms with E-state index < -0.39 is 0 Å². The number of thiophene rings is 1. The Hall–Kier alpha value is -0.870. The number of hydrogen-bond acceptors (Lipinski definition) is 4. The van der Waals surface area contributed by atoms with Gasteiger partial charge in [-0.3, -0.25) is 4.79 Å². The van der Waals surface area contributed by atoms with Gasteiger partial charge in [0.15, 0.2) is 0 Å². The molecule has 0 spiro atoms. The lowest BCUT2D eigenvalue weighted by Crippen LogP contribution is -2.30. The fourth-order valence-electron chi connectivity index (χ4n) is 1.70. The van der Waals surface area contributed by atoms with E-state index in [1.807, 2.05) is 6.92 Å². The lowest BCUT2D eigenvalue weighted by molar-refractivity contribution is -0.145. The third-order valence-corrected chi connectivity index (χ3v) is 4.00. The summed E-state index contributed by atoms with van der Waals surface area (Å²) in [5.74, 6) is -0.142. The van der Waals surface area contributed by atoms with Gasteiger partial charge in [0.05, 0.1) is 13.0 Å². The van der Waals surface area contributed by atoms with Crippen LogP contribution in [-0.2, 0) is 16.0 Å². The maximum absolute atomic E-state index is 11.4. The molecule has 1 aromatic heterocycles. The zero-order valence-electron chi connectivity index (χ0n) is 10.8. The van der Waals surface area contributed by atoms with E-state index in [1.54, 1.807) is 11.3 Å². The van der Waals surface area contributed by atoms with Crippen LogP contribution in [0.4, 0.5) is 0 Å². The number of carbonyl (C=O) groups is 1. The number of carbonyl (C=O) groups excluding carboxylic acids is 1. The number of hydrogen-bond donors (Lipinski definition) is 1. The van der Waals surface area contributed by atoms with Crippen LogP contribution in [0.3, 0.4) is 0 Å². The Morgan fingerprint density at radius 2 is 2.35 bits per heavy atom. The third-order valence-electron chi connectivity index (χ3n) is 2.92. The predicted octanol–water partition coefficient (Wildman–Crippen LogP) is 2.39. The molecule has 1 atom stereocenters. The van der Waals surface area contributed by atoms with Crippen LogP contribution in [0.25, 0.3) is 0 Å². The van der Waals surface area contributed by atoms with E-state index in [4.69, 9.17) is 4.74 Å². The summed E-state index contributed by atoms with van der Waals surface area (Å²) in [6.07, 6.45) is 1.85. The highest BCUT2D eigenvalue weighted by Gasteiger charge is 2.15. The molecule has 17 heavy (non-hydrogen) atoms. The van der Waals surface area contributed by atoms with Gasteiger partial charge in [-0.1, -0.05) is 6.92 Å². The molecular formula is C13H21NO2S. The number of esters is 1. The van der Waals surface area contributed by atoms with Crippen molar-refractivity contribution in [2.24, 2.45) is 5.92 Å². The fourth-order valence-corrected chi connectivity index (χ4v) is 2.61. The first kappa shape index (κ1) is 14.2. The van der Waals surface area contributed by atoms with Crippen LogP contribution in [0.2, 0.25) is 0 Å². The van der Waals surface area contributed by atoms with Crippen molar-refractivity contribution >= 4 is 17.3 Å². The molecule has 0 radical (unpaired) electrons. The molecule has 0 fully saturated rings. The van der Waals surface area contributed by atoms with Crippen molar-refractivity contribution in [3.05, 3.63) is 21.9 Å². The van der Waals surface area contributed by atoms with Crippen molar-refractivity contribution in [2.75, 3.05) is 20.2 Å². The summed E-state index contributed by atoms with van der Waals surface area (Å²) in [5, 5.41) is 5.44. The Kier molecular flexibility index (Phi) is 6.22. The maximum Gasteiger partial charge on any atom is 0.309 e. The second-order valence-electron chi connectivity index (χ2n) is 4.11. The average molecular weight is 255 g/mol. The van der Waals surface area contributed by atoms with Crippen LogP contribution in [0.15, 0.2) is 11.4 Å². The Morgan fingerprint density at radius 3 is 2.88 bits per heavy atom. The summed E-state index contributed by atoms with van der Waals surface area (Å²) in [6, 6.07) is 2.14. The molecule has 0 aliphatic carbocycles. The number of methoxy groups -OCH3 is 1. The van der Waals surface area contributed by atoms with Crippen LogP contribution in [0, 0.1) is 12.8 Å². The van der Waals surface area contributed by atoms with E-state index >= 15 is 0 Å². The monoisotopic (exact) mass is 255 g/mol. The molecule has 0 amide bonds.